The van der Waals surface area contributed by atoms with Crippen LogP contribution in [0.25, 0.3) is 0 Å². The lowest BCUT2D eigenvalue weighted by Crippen LogP contribution is -2.35. The van der Waals surface area contributed by atoms with Crippen LogP contribution < -0.4 is 0 Å². The van der Waals surface area contributed by atoms with Crippen molar-refractivity contribution in [2.75, 3.05) is 13.1 Å². The molecule has 2 aromatic carbocycles. The van der Waals surface area contributed by atoms with Crippen LogP contribution >= 0.6 is 25.3 Å². The Balaban J connectivity index is 1.66. The molecule has 0 unspecified atom stereocenters. The van der Waals surface area contributed by atoms with Crippen LogP contribution in [-0.4, -0.2) is 36.6 Å². The minimum Gasteiger partial charge on any atom is -0.283 e. The average Bonchev–Trinajstić information content (AvgIpc) is 2.72. The normalized spacial score (nSPS) is 16.3. The van der Waals surface area contributed by atoms with Crippen molar-refractivity contribution in [1.82, 2.24) is 4.90 Å². The summed E-state index contributed by atoms with van der Waals surface area (Å²) < 4.78 is 60.5. The first-order chi connectivity index (χ1) is 14.1. The number of rotatable bonds is 3. The van der Waals surface area contributed by atoms with Crippen molar-refractivity contribution < 1.29 is 21.6 Å². The van der Waals surface area contributed by atoms with Crippen LogP contribution in [-0.2, 0) is 9.84 Å². The van der Waals surface area contributed by atoms with E-state index in [2.05, 4.69) is 42.0 Å². The first-order valence-corrected chi connectivity index (χ1v) is 11.7. The first kappa shape index (κ1) is 23.1. The number of sulfone groups is 1. The molecule has 2 aromatic rings. The molecule has 0 bridgehead atoms. The highest BCUT2D eigenvalue weighted by Gasteiger charge is 2.46. The van der Waals surface area contributed by atoms with Crippen molar-refractivity contribution in [3.05, 3.63) is 65.2 Å². The van der Waals surface area contributed by atoms with Crippen LogP contribution in [0, 0.1) is 11.8 Å². The third-order valence-corrected chi connectivity index (χ3v) is 7.21. The lowest BCUT2D eigenvalue weighted by Gasteiger charge is -2.33. The Labute approximate surface area is 185 Å². The van der Waals surface area contributed by atoms with Gasteiger partial charge in [0.1, 0.15) is 0 Å². The van der Waals surface area contributed by atoms with Gasteiger partial charge in [0.05, 0.1) is 9.60 Å². The van der Waals surface area contributed by atoms with E-state index in [1.165, 1.54) is 17.7 Å². The summed E-state index contributed by atoms with van der Waals surface area (Å²) in [5.74, 6) is 6.28. The monoisotopic (exact) mass is 471 g/mol. The van der Waals surface area contributed by atoms with E-state index in [0.29, 0.717) is 11.5 Å². The number of hydrogen-bond acceptors (Lipinski definition) is 5. The maximum atomic E-state index is 12.6. The highest BCUT2D eigenvalue weighted by atomic mass is 32.2. The molecule has 30 heavy (non-hydrogen) atoms. The molecule has 0 amide bonds. The second-order valence-corrected chi connectivity index (χ2v) is 10.3. The number of likely N-dealkylation sites (tertiary alicyclic amines) is 1. The van der Waals surface area contributed by atoms with Crippen molar-refractivity contribution in [3.63, 3.8) is 0 Å². The Hall–Kier alpha value is -1.60. The Morgan fingerprint density at radius 2 is 1.37 bits per heavy atom. The number of halogens is 3. The molecule has 0 saturated carbocycles. The Morgan fingerprint density at radius 3 is 1.80 bits per heavy atom. The summed E-state index contributed by atoms with van der Waals surface area (Å²) >= 11 is 8.70. The molecule has 0 N–H and O–H groups in total. The van der Waals surface area contributed by atoms with Crippen LogP contribution in [0.4, 0.5) is 13.2 Å². The number of alkyl halides is 3. The smallest absolute Gasteiger partial charge is 0.283 e. The van der Waals surface area contributed by atoms with Gasteiger partial charge in [0.15, 0.2) is 0 Å². The fraction of sp³-hybridized carbons (Fsp3) is 0.333. The number of thiol groups is 2. The van der Waals surface area contributed by atoms with Crippen LogP contribution in [0.1, 0.15) is 35.4 Å². The Kier molecular flexibility index (Phi) is 7.13. The number of benzene rings is 2. The Morgan fingerprint density at radius 1 is 0.900 bits per heavy atom. The summed E-state index contributed by atoms with van der Waals surface area (Å²) in [5.41, 5.74) is -2.87. The SMILES string of the molecule is O=S(=O)(c1ccc(C#Cc2ccc(C3CCN(C(S)S)CC3)cc2)cc1)C(F)(F)F. The summed E-state index contributed by atoms with van der Waals surface area (Å²) in [7, 11) is -5.34. The lowest BCUT2D eigenvalue weighted by molar-refractivity contribution is -0.0436. The van der Waals surface area contributed by atoms with Crippen LogP contribution in [0.5, 0.6) is 0 Å². The molecule has 1 heterocycles. The highest BCUT2D eigenvalue weighted by Crippen LogP contribution is 2.31. The summed E-state index contributed by atoms with van der Waals surface area (Å²) in [4.78, 5) is 1.42. The molecule has 1 aliphatic heterocycles. The second kappa shape index (κ2) is 9.27. The van der Waals surface area contributed by atoms with Crippen LogP contribution in [0.3, 0.4) is 0 Å². The topological polar surface area (TPSA) is 37.4 Å². The quantitative estimate of drug-likeness (QED) is 0.387. The molecule has 1 aliphatic rings. The van der Waals surface area contributed by atoms with Crippen molar-refractivity contribution in [1.29, 1.82) is 0 Å². The molecular weight excluding hydrogens is 451 g/mol. The van der Waals surface area contributed by atoms with Gasteiger partial charge in [-0.3, -0.25) is 4.90 Å². The van der Waals surface area contributed by atoms with Crippen LogP contribution in [0.2, 0.25) is 0 Å². The van der Waals surface area contributed by atoms with E-state index in [0.717, 1.165) is 43.6 Å². The Bertz CT molecular complexity index is 1030. The van der Waals surface area contributed by atoms with Gasteiger partial charge < -0.3 is 0 Å². The molecule has 0 aromatic heterocycles. The van der Waals surface area contributed by atoms with Gasteiger partial charge in [0.25, 0.3) is 9.84 Å². The van der Waals surface area contributed by atoms with Crippen molar-refractivity contribution in [3.8, 4) is 11.8 Å². The van der Waals surface area contributed by atoms with Gasteiger partial charge in [-0.25, -0.2) is 8.42 Å². The van der Waals surface area contributed by atoms with Crippen molar-refractivity contribution >= 4 is 35.1 Å². The fourth-order valence-corrected chi connectivity index (χ4v) is 4.52. The van der Waals surface area contributed by atoms with E-state index in [1.54, 1.807) is 0 Å². The molecule has 1 saturated heterocycles. The zero-order valence-electron chi connectivity index (χ0n) is 15.8. The molecule has 0 aliphatic carbocycles. The van der Waals surface area contributed by atoms with Gasteiger partial charge in [0.2, 0.25) is 0 Å². The van der Waals surface area contributed by atoms with Gasteiger partial charge in [-0.15, -0.1) is 25.3 Å². The molecule has 3 rings (SSSR count). The summed E-state index contributed by atoms with van der Waals surface area (Å²) in [6.07, 6.45) is 2.08. The van der Waals surface area contributed by atoms with E-state index in [4.69, 9.17) is 0 Å². The second-order valence-electron chi connectivity index (χ2n) is 7.00. The van der Waals surface area contributed by atoms with E-state index in [-0.39, 0.29) is 4.71 Å². The minimum absolute atomic E-state index is 0.0359. The summed E-state index contributed by atoms with van der Waals surface area (Å²) in [6.45, 7) is 1.90. The maximum absolute atomic E-state index is 12.6. The first-order valence-electron chi connectivity index (χ1n) is 9.21. The maximum Gasteiger partial charge on any atom is 0.501 e. The summed E-state index contributed by atoms with van der Waals surface area (Å²) in [6, 6.07) is 12.3. The van der Waals surface area contributed by atoms with E-state index < -0.39 is 20.2 Å². The van der Waals surface area contributed by atoms with Gasteiger partial charge in [-0.2, -0.15) is 13.2 Å². The highest BCUT2D eigenvalue weighted by molar-refractivity contribution is 7.99. The van der Waals surface area contributed by atoms with E-state index >= 15 is 0 Å². The lowest BCUT2D eigenvalue weighted by atomic mass is 9.89. The molecule has 3 nitrogen and oxygen atoms in total. The number of hydrogen-bond donors (Lipinski definition) is 2. The van der Waals surface area contributed by atoms with Crippen molar-refractivity contribution in [2.45, 2.75) is 33.9 Å². The third-order valence-electron chi connectivity index (χ3n) is 5.06. The van der Waals surface area contributed by atoms with E-state index in [1.807, 2.05) is 24.3 Å². The summed E-state index contributed by atoms with van der Waals surface area (Å²) in [5, 5.41) is 0. The minimum atomic E-state index is -5.34. The molecule has 0 atom stereocenters. The molecule has 160 valence electrons. The molecule has 1 fully saturated rings. The van der Waals surface area contributed by atoms with Crippen LogP contribution in [0.15, 0.2) is 53.4 Å². The zero-order chi connectivity index (χ0) is 21.9. The fourth-order valence-electron chi connectivity index (χ4n) is 3.30. The van der Waals surface area contributed by atoms with Gasteiger partial charge in [0, 0.05) is 24.2 Å². The van der Waals surface area contributed by atoms with Gasteiger partial charge in [-0.05, 0) is 60.7 Å². The van der Waals surface area contributed by atoms with E-state index in [9.17, 15) is 21.6 Å². The third kappa shape index (κ3) is 5.35. The predicted octanol–water partition coefficient (Wildman–Crippen LogP) is 4.70. The molecule has 0 radical (unpaired) electrons. The number of nitrogens with zero attached hydrogens (tertiary/aromatic N) is 1. The zero-order valence-corrected chi connectivity index (χ0v) is 18.4. The van der Waals surface area contributed by atoms with Gasteiger partial charge >= 0.3 is 5.51 Å². The van der Waals surface area contributed by atoms with Crippen molar-refractivity contribution in [2.24, 2.45) is 0 Å². The number of piperidine rings is 1. The predicted molar refractivity (Wildman–Crippen MR) is 117 cm³/mol. The van der Waals surface area contributed by atoms with Gasteiger partial charge in [-0.1, -0.05) is 24.0 Å². The standard InChI is InChI=1S/C21H20F3NO2S3/c22-21(23,24)30(26,27)19-9-5-16(6-10-19)2-1-15-3-7-17(8-4-15)18-11-13-25(14-12-18)20(28)29/h3-10,18,20,28-29H,11-14H2. The molecule has 0 spiro atoms. The molecular formula is C21H20F3NO2S3. The average molecular weight is 472 g/mol. The molecule has 9 heteroatoms. The largest absolute Gasteiger partial charge is 0.501 e.